The molecule has 3 unspecified atom stereocenters. The predicted molar refractivity (Wildman–Crippen MR) is 90.1 cm³/mol. The van der Waals surface area contributed by atoms with Gasteiger partial charge in [-0.15, -0.1) is 0 Å². The number of fused-ring (bicyclic) bond motifs is 1. The van der Waals surface area contributed by atoms with Crippen LogP contribution in [-0.4, -0.2) is 27.3 Å². The van der Waals surface area contributed by atoms with Gasteiger partial charge in [-0.2, -0.15) is 0 Å². The van der Waals surface area contributed by atoms with Gasteiger partial charge in [0.2, 0.25) is 0 Å². The first-order valence-corrected chi connectivity index (χ1v) is 8.45. The lowest BCUT2D eigenvalue weighted by Crippen LogP contribution is -2.31. The highest BCUT2D eigenvalue weighted by Gasteiger charge is 2.21. The Morgan fingerprint density at radius 2 is 2.27 bits per heavy atom. The first-order valence-electron chi connectivity index (χ1n) is 8.08. The molecule has 5 heteroatoms. The summed E-state index contributed by atoms with van der Waals surface area (Å²) in [6.07, 6.45) is 4.09. The molecule has 1 heterocycles. The fourth-order valence-electron chi connectivity index (χ4n) is 3.45. The third-order valence-electron chi connectivity index (χ3n) is 4.73. The van der Waals surface area contributed by atoms with E-state index in [-0.39, 0.29) is 12.1 Å². The molecule has 0 aliphatic heterocycles. The lowest BCUT2D eigenvalue weighted by atomic mass is 9.87. The number of hydrogen-bond acceptors (Lipinski definition) is 3. The second-order valence-corrected chi connectivity index (χ2v) is 6.91. The van der Waals surface area contributed by atoms with Crippen molar-refractivity contribution in [3.05, 3.63) is 29.0 Å². The van der Waals surface area contributed by atoms with E-state index >= 15 is 0 Å². The molecular weight excluding hydrogens is 298 g/mol. The number of nitrogens with zero attached hydrogens (tertiary/aromatic N) is 2. The second-order valence-electron chi connectivity index (χ2n) is 6.48. The van der Waals surface area contributed by atoms with Crippen molar-refractivity contribution in [1.82, 2.24) is 14.9 Å². The molecule has 3 rings (SSSR count). The van der Waals surface area contributed by atoms with Gasteiger partial charge in [0.25, 0.3) is 0 Å². The van der Waals surface area contributed by atoms with Crippen LogP contribution in [-0.2, 0) is 7.05 Å². The molecule has 4 nitrogen and oxygen atoms in total. The summed E-state index contributed by atoms with van der Waals surface area (Å²) < 4.78 is 2.11. The maximum atomic E-state index is 9.77. The average molecular weight is 322 g/mol. The summed E-state index contributed by atoms with van der Waals surface area (Å²) in [4.78, 5) is 4.72. The molecule has 2 N–H and O–H groups in total. The van der Waals surface area contributed by atoms with Crippen molar-refractivity contribution in [2.24, 2.45) is 13.0 Å². The number of halogens is 1. The first kappa shape index (κ1) is 15.8. The summed E-state index contributed by atoms with van der Waals surface area (Å²) in [7, 11) is 2.03. The molecule has 0 saturated heterocycles. The van der Waals surface area contributed by atoms with Crippen LogP contribution >= 0.6 is 11.6 Å². The first-order chi connectivity index (χ1) is 10.5. The van der Waals surface area contributed by atoms with Crippen LogP contribution in [0.5, 0.6) is 0 Å². The van der Waals surface area contributed by atoms with Crippen LogP contribution in [0.4, 0.5) is 0 Å². The van der Waals surface area contributed by atoms with Gasteiger partial charge in [-0.1, -0.05) is 18.0 Å². The molecule has 1 aliphatic carbocycles. The van der Waals surface area contributed by atoms with Crippen LogP contribution in [0.1, 0.15) is 44.5 Å². The summed E-state index contributed by atoms with van der Waals surface area (Å²) in [5, 5.41) is 14.1. The van der Waals surface area contributed by atoms with Crippen molar-refractivity contribution in [3.63, 3.8) is 0 Å². The van der Waals surface area contributed by atoms with Crippen LogP contribution in [0.25, 0.3) is 11.0 Å². The standard InChI is InChI=1S/C17H24ClN3O/c1-11(19-10-12-4-3-5-14(22)8-12)17-20-15-7-6-13(18)9-16(15)21(17)2/h6-7,9,11-12,14,19,22H,3-5,8,10H2,1-2H3. The van der Waals surface area contributed by atoms with Crippen LogP contribution in [0.15, 0.2) is 18.2 Å². The Morgan fingerprint density at radius 1 is 1.45 bits per heavy atom. The topological polar surface area (TPSA) is 50.1 Å². The van der Waals surface area contributed by atoms with Gasteiger partial charge in [0.05, 0.1) is 23.2 Å². The number of benzene rings is 1. The molecule has 120 valence electrons. The molecule has 2 aromatic rings. The fourth-order valence-corrected chi connectivity index (χ4v) is 3.62. The molecule has 1 aliphatic rings. The summed E-state index contributed by atoms with van der Waals surface area (Å²) in [5.41, 5.74) is 2.04. The number of aliphatic hydroxyl groups excluding tert-OH is 1. The number of aromatic nitrogens is 2. The summed E-state index contributed by atoms with van der Waals surface area (Å²) in [5.74, 6) is 1.59. The number of aliphatic hydroxyl groups is 1. The lowest BCUT2D eigenvalue weighted by Gasteiger charge is -2.27. The normalized spacial score (nSPS) is 23.8. The van der Waals surface area contributed by atoms with E-state index in [4.69, 9.17) is 16.6 Å². The molecule has 0 bridgehead atoms. The van der Waals surface area contributed by atoms with Gasteiger partial charge in [0.1, 0.15) is 5.82 Å². The Bertz CT molecular complexity index is 655. The molecule has 1 aromatic carbocycles. The van der Waals surface area contributed by atoms with Crippen molar-refractivity contribution in [2.75, 3.05) is 6.54 Å². The Kier molecular flexibility index (Phi) is 4.71. The highest BCUT2D eigenvalue weighted by Crippen LogP contribution is 2.25. The van der Waals surface area contributed by atoms with Gasteiger partial charge in [0, 0.05) is 12.1 Å². The zero-order valence-corrected chi connectivity index (χ0v) is 14.0. The zero-order chi connectivity index (χ0) is 15.7. The van der Waals surface area contributed by atoms with E-state index in [1.807, 2.05) is 25.2 Å². The molecule has 0 radical (unpaired) electrons. The van der Waals surface area contributed by atoms with Crippen molar-refractivity contribution in [3.8, 4) is 0 Å². The fraction of sp³-hybridized carbons (Fsp3) is 0.588. The van der Waals surface area contributed by atoms with E-state index in [9.17, 15) is 5.11 Å². The molecule has 22 heavy (non-hydrogen) atoms. The van der Waals surface area contributed by atoms with Crippen molar-refractivity contribution >= 4 is 22.6 Å². The number of hydrogen-bond donors (Lipinski definition) is 2. The van der Waals surface area contributed by atoms with E-state index in [2.05, 4.69) is 16.8 Å². The molecule has 3 atom stereocenters. The van der Waals surface area contributed by atoms with Crippen LogP contribution in [0.3, 0.4) is 0 Å². The number of imidazole rings is 1. The molecule has 0 spiro atoms. The number of aryl methyl sites for hydroxylation is 1. The van der Waals surface area contributed by atoms with Crippen LogP contribution < -0.4 is 5.32 Å². The third-order valence-corrected chi connectivity index (χ3v) is 4.97. The minimum atomic E-state index is -0.117. The summed E-state index contributed by atoms with van der Waals surface area (Å²) >= 11 is 6.08. The third kappa shape index (κ3) is 3.29. The van der Waals surface area contributed by atoms with E-state index in [0.29, 0.717) is 5.92 Å². The summed E-state index contributed by atoms with van der Waals surface area (Å²) in [6.45, 7) is 3.07. The van der Waals surface area contributed by atoms with Crippen LogP contribution in [0, 0.1) is 5.92 Å². The average Bonchev–Trinajstić information content (AvgIpc) is 2.82. The largest absolute Gasteiger partial charge is 0.393 e. The minimum Gasteiger partial charge on any atom is -0.393 e. The van der Waals surface area contributed by atoms with Crippen molar-refractivity contribution in [2.45, 2.75) is 44.8 Å². The SMILES string of the molecule is CC(NCC1CCCC(O)C1)c1nc2ccc(Cl)cc2n1C. The maximum Gasteiger partial charge on any atom is 0.126 e. The van der Waals surface area contributed by atoms with Crippen molar-refractivity contribution < 1.29 is 5.11 Å². The zero-order valence-electron chi connectivity index (χ0n) is 13.2. The number of rotatable bonds is 4. The van der Waals surface area contributed by atoms with Gasteiger partial charge in [-0.25, -0.2) is 4.98 Å². The molecule has 1 fully saturated rings. The quantitative estimate of drug-likeness (QED) is 0.907. The van der Waals surface area contributed by atoms with Crippen LogP contribution in [0.2, 0.25) is 5.02 Å². The molecule has 0 amide bonds. The van der Waals surface area contributed by atoms with Gasteiger partial charge in [-0.05, 0) is 56.8 Å². The Morgan fingerprint density at radius 3 is 3.05 bits per heavy atom. The second kappa shape index (κ2) is 6.57. The van der Waals surface area contributed by atoms with Gasteiger partial charge in [0.15, 0.2) is 0 Å². The van der Waals surface area contributed by atoms with E-state index in [1.165, 1.54) is 6.42 Å². The van der Waals surface area contributed by atoms with Gasteiger partial charge < -0.3 is 15.0 Å². The summed E-state index contributed by atoms with van der Waals surface area (Å²) in [6, 6.07) is 5.97. The monoisotopic (exact) mass is 321 g/mol. The molecule has 1 saturated carbocycles. The molecular formula is C17H24ClN3O. The highest BCUT2D eigenvalue weighted by molar-refractivity contribution is 6.31. The Labute approximate surface area is 136 Å². The predicted octanol–water partition coefficient (Wildman–Crippen LogP) is 3.43. The van der Waals surface area contributed by atoms with E-state index in [0.717, 1.165) is 47.7 Å². The number of nitrogens with one attached hydrogen (secondary N) is 1. The van der Waals surface area contributed by atoms with Crippen molar-refractivity contribution in [1.29, 1.82) is 0 Å². The van der Waals surface area contributed by atoms with E-state index in [1.54, 1.807) is 0 Å². The Hall–Kier alpha value is -1.10. The molecule has 1 aromatic heterocycles. The minimum absolute atomic E-state index is 0.117. The lowest BCUT2D eigenvalue weighted by molar-refractivity contribution is 0.0997. The highest BCUT2D eigenvalue weighted by atomic mass is 35.5. The smallest absolute Gasteiger partial charge is 0.126 e. The maximum absolute atomic E-state index is 9.77. The van der Waals surface area contributed by atoms with Gasteiger partial charge in [-0.3, -0.25) is 0 Å². The van der Waals surface area contributed by atoms with Gasteiger partial charge >= 0.3 is 0 Å². The Balaban J connectivity index is 1.69. The van der Waals surface area contributed by atoms with E-state index < -0.39 is 0 Å².